The minimum Gasteiger partial charge on any atom is -0.386 e. The van der Waals surface area contributed by atoms with Gasteiger partial charge in [0.1, 0.15) is 11.9 Å². The number of aliphatic hydroxyl groups is 1. The van der Waals surface area contributed by atoms with Crippen molar-refractivity contribution in [1.82, 2.24) is 19.5 Å². The predicted molar refractivity (Wildman–Crippen MR) is 84.1 cm³/mol. The fourth-order valence-electron chi connectivity index (χ4n) is 2.50. The Morgan fingerprint density at radius 1 is 1.73 bits per heavy atom. The van der Waals surface area contributed by atoms with Crippen molar-refractivity contribution in [2.24, 2.45) is 5.92 Å². The molecule has 0 aliphatic carbocycles. The van der Waals surface area contributed by atoms with Crippen LogP contribution in [0.3, 0.4) is 0 Å². The Bertz CT molecular complexity index is 829. The molecule has 0 unspecified atom stereocenters. The molecule has 1 fully saturated rings. The summed E-state index contributed by atoms with van der Waals surface area (Å²) in [5, 5.41) is 10.1. The lowest BCUT2D eigenvalue weighted by Gasteiger charge is -2.20. The van der Waals surface area contributed by atoms with Gasteiger partial charge in [0.25, 0.3) is 5.56 Å². The number of H-pyrrole nitrogens is 1. The zero-order valence-corrected chi connectivity index (χ0v) is 13.6. The summed E-state index contributed by atoms with van der Waals surface area (Å²) >= 11 is 1.78. The average Bonchev–Trinajstić information content (AvgIpc) is 3.00. The summed E-state index contributed by atoms with van der Waals surface area (Å²) in [5.74, 6) is -0.433. The van der Waals surface area contributed by atoms with E-state index in [4.69, 9.17) is 11.2 Å². The van der Waals surface area contributed by atoms with Crippen molar-refractivity contribution in [3.63, 3.8) is 0 Å². The van der Waals surface area contributed by atoms with E-state index < -0.39 is 29.7 Å². The number of hydrogen-bond donors (Lipinski definition) is 2. The summed E-state index contributed by atoms with van der Waals surface area (Å²) in [4.78, 5) is 22.6. The van der Waals surface area contributed by atoms with E-state index >= 15 is 0 Å². The van der Waals surface area contributed by atoms with Crippen LogP contribution in [0.5, 0.6) is 0 Å². The van der Waals surface area contributed by atoms with Crippen molar-refractivity contribution >= 4 is 33.8 Å². The fraction of sp³-hybridized carbons (Fsp3) is 0.462. The van der Waals surface area contributed by atoms with E-state index in [2.05, 4.69) is 20.9 Å². The first kappa shape index (κ1) is 15.4. The van der Waals surface area contributed by atoms with Gasteiger partial charge in [-0.15, -0.1) is 6.42 Å². The highest BCUT2D eigenvalue weighted by molar-refractivity contribution is 14.1. The molecule has 3 heterocycles. The molecule has 0 amide bonds. The van der Waals surface area contributed by atoms with Gasteiger partial charge in [-0.25, -0.2) is 14.4 Å². The molecule has 0 bridgehead atoms. The van der Waals surface area contributed by atoms with Gasteiger partial charge >= 0.3 is 0 Å². The summed E-state index contributed by atoms with van der Waals surface area (Å²) in [7, 11) is 0. The molecular formula is C13H12FIN4O3. The Morgan fingerprint density at radius 2 is 2.45 bits per heavy atom. The molecule has 1 aliphatic heterocycles. The van der Waals surface area contributed by atoms with Gasteiger partial charge in [-0.2, -0.15) is 0 Å². The van der Waals surface area contributed by atoms with Crippen LogP contribution in [0, 0.1) is 25.2 Å². The number of halogens is 2. The van der Waals surface area contributed by atoms with Crippen molar-refractivity contribution < 1.29 is 14.2 Å². The van der Waals surface area contributed by atoms with Gasteiger partial charge in [-0.05, 0) is 6.92 Å². The smallest absolute Gasteiger partial charge is 0.279 e. The van der Waals surface area contributed by atoms with Crippen LogP contribution in [0.1, 0.15) is 12.1 Å². The maximum atomic E-state index is 14.6. The second-order valence-corrected chi connectivity index (χ2v) is 5.80. The Balaban J connectivity index is 2.16. The van der Waals surface area contributed by atoms with E-state index in [-0.39, 0.29) is 15.6 Å². The van der Waals surface area contributed by atoms with E-state index in [0.29, 0.717) is 5.82 Å². The Hall–Kier alpha value is -1.51. The predicted octanol–water partition coefficient (Wildman–Crippen LogP) is 0.668. The van der Waals surface area contributed by atoms with E-state index in [1.54, 1.807) is 29.5 Å². The minimum absolute atomic E-state index is 0.0831. The van der Waals surface area contributed by atoms with Crippen LogP contribution in [0.4, 0.5) is 4.39 Å². The van der Waals surface area contributed by atoms with Crippen molar-refractivity contribution in [1.29, 1.82) is 0 Å². The Labute approximate surface area is 138 Å². The maximum absolute atomic E-state index is 14.6. The number of aromatic nitrogens is 4. The lowest BCUT2D eigenvalue weighted by molar-refractivity contribution is -0.167. The number of rotatable bonds is 2. The molecule has 2 N–H and O–H groups in total. The van der Waals surface area contributed by atoms with Crippen LogP contribution >= 0.6 is 22.6 Å². The van der Waals surface area contributed by atoms with Crippen LogP contribution in [0.15, 0.2) is 11.1 Å². The van der Waals surface area contributed by atoms with Gasteiger partial charge < -0.3 is 14.8 Å². The maximum Gasteiger partial charge on any atom is 0.279 e. The van der Waals surface area contributed by atoms with Gasteiger partial charge in [0.05, 0.1) is 16.7 Å². The number of terminal acetylenes is 1. The number of imidazole rings is 1. The molecule has 0 aromatic carbocycles. The van der Waals surface area contributed by atoms with Crippen LogP contribution in [-0.4, -0.2) is 41.0 Å². The zero-order valence-electron chi connectivity index (χ0n) is 11.5. The van der Waals surface area contributed by atoms with Crippen LogP contribution in [-0.2, 0) is 4.74 Å². The lowest BCUT2D eigenvalue weighted by atomic mass is 10.00. The third kappa shape index (κ3) is 2.13. The highest BCUT2D eigenvalue weighted by atomic mass is 127. The van der Waals surface area contributed by atoms with Crippen molar-refractivity contribution in [3.8, 4) is 12.3 Å². The number of hydrogen-bond acceptors (Lipinski definition) is 5. The number of aryl methyl sites for hydroxylation is 1. The molecule has 2 aromatic rings. The van der Waals surface area contributed by atoms with Gasteiger partial charge in [0.2, 0.25) is 5.85 Å². The van der Waals surface area contributed by atoms with E-state index in [0.717, 1.165) is 0 Å². The summed E-state index contributed by atoms with van der Waals surface area (Å²) in [6.07, 6.45) is 4.27. The molecule has 116 valence electrons. The summed E-state index contributed by atoms with van der Waals surface area (Å²) in [6, 6.07) is 0. The van der Waals surface area contributed by atoms with Crippen molar-refractivity contribution in [3.05, 3.63) is 22.5 Å². The van der Waals surface area contributed by atoms with E-state index in [1.165, 1.54) is 10.9 Å². The van der Waals surface area contributed by atoms with Crippen molar-refractivity contribution in [2.45, 2.75) is 25.1 Å². The highest BCUT2D eigenvalue weighted by Gasteiger charge is 2.55. The molecule has 22 heavy (non-hydrogen) atoms. The summed E-state index contributed by atoms with van der Waals surface area (Å²) in [6.45, 7) is 1.62. The van der Waals surface area contributed by atoms with Crippen LogP contribution < -0.4 is 5.56 Å². The number of ether oxygens (including phenoxy) is 1. The molecule has 0 radical (unpaired) electrons. The molecule has 0 spiro atoms. The quantitative estimate of drug-likeness (QED) is 0.425. The number of nitrogens with zero attached hydrogens (tertiary/aromatic N) is 3. The standard InChI is InChI=1S/C13H12FIN4O3/c1-3-7-9(20)13(14,4-15)22-12(7)19-5-16-8-10(19)17-6(2)18-11(8)21/h1,5,7,9,12,20H,4H2,2H3,(H,17,18,21)/t7-,9-,12+,13+/m0/s1. The molecule has 7 nitrogen and oxygen atoms in total. The number of fused-ring (bicyclic) bond motifs is 1. The largest absolute Gasteiger partial charge is 0.386 e. The molecule has 1 aliphatic rings. The molecule has 4 atom stereocenters. The first-order valence-electron chi connectivity index (χ1n) is 6.41. The number of nitrogens with one attached hydrogen (secondary N) is 1. The van der Waals surface area contributed by atoms with Gasteiger partial charge in [-0.3, -0.25) is 9.36 Å². The van der Waals surface area contributed by atoms with E-state index in [9.17, 15) is 14.3 Å². The second kappa shape index (κ2) is 5.29. The lowest BCUT2D eigenvalue weighted by Crippen LogP contribution is -2.38. The Morgan fingerprint density at radius 3 is 3.09 bits per heavy atom. The third-order valence-corrected chi connectivity index (χ3v) is 4.65. The topological polar surface area (TPSA) is 93.0 Å². The molecule has 0 saturated carbocycles. The Kier molecular flexibility index (Phi) is 3.70. The van der Waals surface area contributed by atoms with Crippen LogP contribution in [0.2, 0.25) is 0 Å². The monoisotopic (exact) mass is 418 g/mol. The van der Waals surface area contributed by atoms with E-state index in [1.807, 2.05) is 0 Å². The normalized spacial score (nSPS) is 31.5. The highest BCUT2D eigenvalue weighted by Crippen LogP contribution is 2.43. The fourth-order valence-corrected chi connectivity index (χ4v) is 3.13. The van der Waals surface area contributed by atoms with Crippen molar-refractivity contribution in [2.75, 3.05) is 4.43 Å². The van der Waals surface area contributed by atoms with Gasteiger partial charge in [-0.1, -0.05) is 28.5 Å². The van der Waals surface area contributed by atoms with Gasteiger partial charge in [0, 0.05) is 0 Å². The average molecular weight is 418 g/mol. The first-order chi connectivity index (χ1) is 10.4. The molecule has 9 heteroatoms. The number of aliphatic hydroxyl groups excluding tert-OH is 1. The number of aromatic amines is 1. The number of alkyl halides is 2. The second-order valence-electron chi connectivity index (χ2n) is 5.04. The molecule has 3 rings (SSSR count). The minimum atomic E-state index is -2.25. The summed E-state index contributed by atoms with van der Waals surface area (Å²) in [5.41, 5.74) is -0.0702. The molecular weight excluding hydrogens is 406 g/mol. The summed E-state index contributed by atoms with van der Waals surface area (Å²) < 4.78 is 21.2. The van der Waals surface area contributed by atoms with Gasteiger partial charge in [0.15, 0.2) is 17.4 Å². The molecule has 1 saturated heterocycles. The SMILES string of the molecule is C#C[C@@H]1[C@H](n2cnc3c(=O)[nH]c(C)nc32)O[C@](F)(CI)[C@H]1O. The third-order valence-electron chi connectivity index (χ3n) is 3.61. The molecule has 2 aromatic heterocycles. The zero-order chi connectivity index (χ0) is 16.1. The van der Waals surface area contributed by atoms with Crippen LogP contribution in [0.25, 0.3) is 11.2 Å². The first-order valence-corrected chi connectivity index (χ1v) is 7.94.